The number of hydrogen-bond donors (Lipinski definition) is 1. The van der Waals surface area contributed by atoms with Crippen LogP contribution in [0.2, 0.25) is 0 Å². The molecule has 0 aromatic heterocycles. The van der Waals surface area contributed by atoms with Crippen LogP contribution in [0.5, 0.6) is 0 Å². The van der Waals surface area contributed by atoms with E-state index >= 15 is 0 Å². The van der Waals surface area contributed by atoms with Crippen molar-refractivity contribution in [2.75, 3.05) is 52.4 Å². The zero-order valence-electron chi connectivity index (χ0n) is 19.7. The lowest BCUT2D eigenvalue weighted by atomic mass is 10.0. The van der Waals surface area contributed by atoms with Crippen molar-refractivity contribution >= 4 is 11.8 Å². The first-order chi connectivity index (χ1) is 16.1. The zero-order chi connectivity index (χ0) is 23.0. The highest BCUT2D eigenvalue weighted by Gasteiger charge is 2.28. The molecule has 2 fully saturated rings. The molecule has 176 valence electrons. The van der Waals surface area contributed by atoms with E-state index in [4.69, 9.17) is 0 Å². The van der Waals surface area contributed by atoms with Crippen molar-refractivity contribution in [3.05, 3.63) is 60.2 Å². The fourth-order valence-corrected chi connectivity index (χ4v) is 4.70. The van der Waals surface area contributed by atoms with Crippen molar-refractivity contribution in [3.63, 3.8) is 0 Å². The Morgan fingerprint density at radius 3 is 2.27 bits per heavy atom. The van der Waals surface area contributed by atoms with Gasteiger partial charge >= 0.3 is 0 Å². The Labute approximate surface area is 197 Å². The minimum atomic E-state index is -0.0454. The van der Waals surface area contributed by atoms with Crippen molar-refractivity contribution in [2.24, 2.45) is 0 Å². The van der Waals surface area contributed by atoms with Gasteiger partial charge in [-0.3, -0.25) is 19.4 Å². The Balaban J connectivity index is 1.21. The molecule has 33 heavy (non-hydrogen) atoms. The molecule has 1 unspecified atom stereocenters. The Hall–Kier alpha value is -2.70. The lowest BCUT2D eigenvalue weighted by Crippen LogP contribution is -2.51. The van der Waals surface area contributed by atoms with Gasteiger partial charge in [-0.25, -0.2) is 0 Å². The van der Waals surface area contributed by atoms with E-state index in [1.807, 2.05) is 47.4 Å². The normalized spacial score (nSPS) is 19.5. The van der Waals surface area contributed by atoms with Gasteiger partial charge in [0.25, 0.3) is 5.91 Å². The average molecular weight is 449 g/mol. The van der Waals surface area contributed by atoms with Crippen LogP contribution < -0.4 is 5.32 Å². The first-order valence-electron chi connectivity index (χ1n) is 12.3. The van der Waals surface area contributed by atoms with Crippen molar-refractivity contribution in [2.45, 2.75) is 32.2 Å². The molecule has 2 aromatic rings. The molecule has 6 nitrogen and oxygen atoms in total. The minimum absolute atomic E-state index is 0.0454. The maximum atomic E-state index is 12.8. The van der Waals surface area contributed by atoms with Crippen LogP contribution in [-0.2, 0) is 4.79 Å². The summed E-state index contributed by atoms with van der Waals surface area (Å²) < 4.78 is 0. The van der Waals surface area contributed by atoms with Crippen molar-refractivity contribution in [1.29, 1.82) is 0 Å². The maximum absolute atomic E-state index is 12.8. The largest absolute Gasteiger partial charge is 0.348 e. The van der Waals surface area contributed by atoms with Gasteiger partial charge in [0.2, 0.25) is 5.91 Å². The smallest absolute Gasteiger partial charge is 0.251 e. The third-order valence-electron chi connectivity index (χ3n) is 6.77. The molecule has 0 radical (unpaired) electrons. The number of nitrogens with zero attached hydrogens (tertiary/aromatic N) is 3. The number of rotatable bonds is 8. The monoisotopic (exact) mass is 448 g/mol. The molecule has 0 saturated carbocycles. The SMILES string of the molecule is CCCCN1CCN(C(=O)CN2CCC(NC(=O)c3ccc(-c4ccccc4)cc3)C2)CC1. The van der Waals surface area contributed by atoms with E-state index < -0.39 is 0 Å². The first-order valence-corrected chi connectivity index (χ1v) is 12.3. The molecule has 2 aromatic carbocycles. The molecule has 4 rings (SSSR count). The lowest BCUT2D eigenvalue weighted by Gasteiger charge is -2.35. The molecule has 2 amide bonds. The van der Waals surface area contributed by atoms with Gasteiger partial charge in [-0.2, -0.15) is 0 Å². The highest BCUT2D eigenvalue weighted by molar-refractivity contribution is 5.95. The summed E-state index contributed by atoms with van der Waals surface area (Å²) in [6, 6.07) is 18.0. The number of benzene rings is 2. The molecule has 0 bridgehead atoms. The minimum Gasteiger partial charge on any atom is -0.348 e. The standard InChI is InChI=1S/C27H36N4O2/c1-2-3-14-29-16-18-31(19-17-29)26(32)21-30-15-13-25(20-30)28-27(33)24-11-9-23(10-12-24)22-7-5-4-6-8-22/h4-12,25H,2-3,13-21H2,1H3,(H,28,33). The van der Waals surface area contributed by atoms with Crippen LogP contribution in [-0.4, -0.2) is 84.9 Å². The van der Waals surface area contributed by atoms with E-state index in [1.165, 1.54) is 12.8 Å². The highest BCUT2D eigenvalue weighted by Crippen LogP contribution is 2.19. The number of piperazine rings is 1. The summed E-state index contributed by atoms with van der Waals surface area (Å²) >= 11 is 0. The Kier molecular flexibility index (Phi) is 8.13. The van der Waals surface area contributed by atoms with Gasteiger partial charge in [0.1, 0.15) is 0 Å². The second-order valence-electron chi connectivity index (χ2n) is 9.21. The van der Waals surface area contributed by atoms with E-state index in [9.17, 15) is 9.59 Å². The summed E-state index contributed by atoms with van der Waals surface area (Å²) in [7, 11) is 0. The van der Waals surface area contributed by atoms with Crippen LogP contribution >= 0.6 is 0 Å². The van der Waals surface area contributed by atoms with E-state index in [-0.39, 0.29) is 17.9 Å². The average Bonchev–Trinajstić information content (AvgIpc) is 3.30. The van der Waals surface area contributed by atoms with Gasteiger partial charge < -0.3 is 10.2 Å². The second kappa shape index (κ2) is 11.4. The molecular weight excluding hydrogens is 412 g/mol. The quantitative estimate of drug-likeness (QED) is 0.674. The van der Waals surface area contributed by atoms with Crippen molar-refractivity contribution < 1.29 is 9.59 Å². The Morgan fingerprint density at radius 1 is 0.879 bits per heavy atom. The molecule has 2 aliphatic rings. The number of carbonyl (C=O) groups excluding carboxylic acids is 2. The molecule has 2 saturated heterocycles. The van der Waals surface area contributed by atoms with Crippen LogP contribution in [0.1, 0.15) is 36.5 Å². The van der Waals surface area contributed by atoms with Crippen molar-refractivity contribution in [3.8, 4) is 11.1 Å². The van der Waals surface area contributed by atoms with Crippen molar-refractivity contribution in [1.82, 2.24) is 20.0 Å². The lowest BCUT2D eigenvalue weighted by molar-refractivity contribution is -0.133. The third kappa shape index (κ3) is 6.42. The van der Waals surface area contributed by atoms with E-state index in [0.29, 0.717) is 12.1 Å². The predicted molar refractivity (Wildman–Crippen MR) is 132 cm³/mol. The summed E-state index contributed by atoms with van der Waals surface area (Å²) in [5, 5.41) is 3.15. The fraction of sp³-hybridized carbons (Fsp3) is 0.481. The molecule has 1 N–H and O–H groups in total. The first kappa shape index (κ1) is 23.5. The highest BCUT2D eigenvalue weighted by atomic mass is 16.2. The summed E-state index contributed by atoms with van der Waals surface area (Å²) in [6.45, 7) is 9.00. The van der Waals surface area contributed by atoms with Crippen LogP contribution in [0.4, 0.5) is 0 Å². The number of nitrogens with one attached hydrogen (secondary N) is 1. The topological polar surface area (TPSA) is 55.9 Å². The van der Waals surface area contributed by atoms with Gasteiger partial charge in [0.15, 0.2) is 0 Å². The summed E-state index contributed by atoms with van der Waals surface area (Å²) in [5.41, 5.74) is 2.91. The number of likely N-dealkylation sites (tertiary alicyclic amines) is 1. The van der Waals surface area contributed by atoms with Gasteiger partial charge in [-0.05, 0) is 42.6 Å². The second-order valence-corrected chi connectivity index (χ2v) is 9.21. The predicted octanol–water partition coefficient (Wildman–Crippen LogP) is 3.10. The van der Waals surface area contributed by atoms with Gasteiger partial charge in [0, 0.05) is 50.9 Å². The summed E-state index contributed by atoms with van der Waals surface area (Å²) in [4.78, 5) is 32.1. The Bertz CT molecular complexity index is 907. The van der Waals surface area contributed by atoms with Crippen LogP contribution in [0.25, 0.3) is 11.1 Å². The molecular formula is C27H36N4O2. The molecule has 6 heteroatoms. The molecule has 0 aliphatic carbocycles. The fourth-order valence-electron chi connectivity index (χ4n) is 4.70. The summed E-state index contributed by atoms with van der Waals surface area (Å²) in [5.74, 6) is 0.171. The van der Waals surface area contributed by atoms with Gasteiger partial charge in [-0.1, -0.05) is 55.8 Å². The van der Waals surface area contributed by atoms with Crippen LogP contribution in [0, 0.1) is 0 Å². The molecule has 2 aliphatic heterocycles. The Morgan fingerprint density at radius 2 is 1.58 bits per heavy atom. The third-order valence-corrected chi connectivity index (χ3v) is 6.77. The molecule has 0 spiro atoms. The maximum Gasteiger partial charge on any atom is 0.251 e. The van der Waals surface area contributed by atoms with E-state index in [0.717, 1.165) is 63.4 Å². The van der Waals surface area contributed by atoms with E-state index in [2.05, 4.69) is 34.2 Å². The van der Waals surface area contributed by atoms with E-state index in [1.54, 1.807) is 0 Å². The number of unbranched alkanes of at least 4 members (excludes halogenated alkanes) is 1. The number of amides is 2. The van der Waals surface area contributed by atoms with Gasteiger partial charge in [-0.15, -0.1) is 0 Å². The van der Waals surface area contributed by atoms with Crippen LogP contribution in [0.3, 0.4) is 0 Å². The zero-order valence-corrected chi connectivity index (χ0v) is 19.7. The van der Waals surface area contributed by atoms with Gasteiger partial charge in [0.05, 0.1) is 6.54 Å². The summed E-state index contributed by atoms with van der Waals surface area (Å²) in [6.07, 6.45) is 3.32. The number of carbonyl (C=O) groups is 2. The van der Waals surface area contributed by atoms with Crippen LogP contribution in [0.15, 0.2) is 54.6 Å². The number of hydrogen-bond acceptors (Lipinski definition) is 4. The molecule has 1 atom stereocenters. The molecule has 2 heterocycles.